The van der Waals surface area contributed by atoms with Crippen LogP contribution in [0.5, 0.6) is 0 Å². The molecule has 0 bridgehead atoms. The van der Waals surface area contributed by atoms with Gasteiger partial charge in [0.25, 0.3) is 0 Å². The van der Waals surface area contributed by atoms with Gasteiger partial charge in [-0.25, -0.2) is 0 Å². The molecular formula is C18H14F4N2. The van der Waals surface area contributed by atoms with Crippen molar-refractivity contribution in [2.45, 2.75) is 12.1 Å². The highest BCUT2D eigenvalue weighted by Gasteiger charge is 2.38. The molecule has 0 aliphatic heterocycles. The van der Waals surface area contributed by atoms with Gasteiger partial charge >= 0.3 is 0 Å². The van der Waals surface area contributed by atoms with Gasteiger partial charge in [0.1, 0.15) is 12.1 Å². The second kappa shape index (κ2) is 6.98. The highest BCUT2D eigenvalue weighted by molar-refractivity contribution is 5.84. The predicted octanol–water partition coefficient (Wildman–Crippen LogP) is 4.94. The van der Waals surface area contributed by atoms with Crippen molar-refractivity contribution in [3.63, 3.8) is 0 Å². The van der Waals surface area contributed by atoms with Gasteiger partial charge in [-0.15, -0.1) is 17.9 Å². The summed E-state index contributed by atoms with van der Waals surface area (Å²) in [5.41, 5.74) is 1.56. The van der Waals surface area contributed by atoms with E-state index < -0.39 is 22.8 Å². The summed E-state index contributed by atoms with van der Waals surface area (Å²) in [6, 6.07) is 14.5. The third kappa shape index (κ3) is 3.11. The Balaban J connectivity index is 2.27. The Morgan fingerprint density at radius 3 is 1.33 bits per heavy atom. The molecule has 0 N–H and O–H groups in total. The van der Waals surface area contributed by atoms with Crippen LogP contribution < -0.4 is 0 Å². The van der Waals surface area contributed by atoms with E-state index in [9.17, 15) is 17.9 Å². The number of halogens is 4. The molecule has 0 saturated heterocycles. The molecule has 0 heterocycles. The molecule has 0 fully saturated rings. The number of nitrogens with zero attached hydrogens (tertiary/aromatic N) is 2. The topological polar surface area (TPSA) is 6.48 Å². The molecule has 3 rings (SSSR count). The molecule has 0 unspecified atom stereocenters. The lowest BCUT2D eigenvalue weighted by atomic mass is 9.89. The van der Waals surface area contributed by atoms with Gasteiger partial charge < -0.3 is 0 Å². The van der Waals surface area contributed by atoms with Gasteiger partial charge in [0.15, 0.2) is 0 Å². The van der Waals surface area contributed by atoms with Crippen LogP contribution in [0.25, 0.3) is 5.57 Å². The van der Waals surface area contributed by atoms with Crippen LogP contribution in [-0.4, -0.2) is 22.8 Å². The smallest absolute Gasteiger partial charge is 0.101 e. The van der Waals surface area contributed by atoms with Gasteiger partial charge in [0.2, 0.25) is 0 Å². The predicted molar refractivity (Wildman–Crippen MR) is 83.7 cm³/mol. The zero-order chi connectivity index (χ0) is 17.1. The number of benzene rings is 2. The van der Waals surface area contributed by atoms with Crippen LogP contribution in [0.4, 0.5) is 17.9 Å². The van der Waals surface area contributed by atoms with Gasteiger partial charge in [-0.2, -0.15) is 0 Å². The van der Waals surface area contributed by atoms with Gasteiger partial charge in [-0.05, 0) is 22.3 Å². The van der Waals surface area contributed by atoms with E-state index in [1.54, 1.807) is 60.7 Å². The molecule has 2 aromatic carbocycles. The minimum atomic E-state index is -1.50. The third-order valence-corrected chi connectivity index (χ3v) is 3.95. The zero-order valence-corrected chi connectivity index (χ0v) is 12.5. The molecule has 2 aromatic rings. The number of rotatable bonds is 4. The summed E-state index contributed by atoms with van der Waals surface area (Å²) in [4.78, 5) is 0. The lowest BCUT2D eigenvalue weighted by Crippen LogP contribution is -2.29. The van der Waals surface area contributed by atoms with E-state index in [-0.39, 0.29) is 5.57 Å². The fourth-order valence-electron chi connectivity index (χ4n) is 2.94. The summed E-state index contributed by atoms with van der Waals surface area (Å²) in [7, 11) is 0. The van der Waals surface area contributed by atoms with Crippen molar-refractivity contribution in [3.05, 3.63) is 89.5 Å². The van der Waals surface area contributed by atoms with Gasteiger partial charge in [-0.3, -0.25) is 0 Å². The van der Waals surface area contributed by atoms with E-state index >= 15 is 0 Å². The van der Waals surface area contributed by atoms with E-state index in [2.05, 4.69) is 0 Å². The van der Waals surface area contributed by atoms with Crippen LogP contribution in [0.3, 0.4) is 0 Å². The number of hydrogen-bond donors (Lipinski definition) is 0. The first-order chi connectivity index (χ1) is 11.6. The molecule has 24 heavy (non-hydrogen) atoms. The molecule has 6 heteroatoms. The summed E-state index contributed by atoms with van der Waals surface area (Å²) in [5, 5.41) is -2.08. The van der Waals surface area contributed by atoms with Crippen molar-refractivity contribution in [1.29, 1.82) is 0 Å². The van der Waals surface area contributed by atoms with Crippen molar-refractivity contribution < 1.29 is 17.9 Å². The maximum Gasteiger partial charge on any atom is 0.115 e. The first kappa shape index (κ1) is 16.4. The largest absolute Gasteiger partial charge is 0.115 e. The summed E-state index contributed by atoms with van der Waals surface area (Å²) < 4.78 is 53.2. The normalized spacial score (nSPS) is 20.2. The average Bonchev–Trinajstić information content (AvgIpc) is 3.02. The quantitative estimate of drug-likeness (QED) is 0.444. The summed E-state index contributed by atoms with van der Waals surface area (Å²) in [6.07, 6.45) is 2.19. The highest BCUT2D eigenvalue weighted by atomic mass is 19.4. The molecule has 124 valence electrons. The Bertz CT molecular complexity index is 681. The minimum Gasteiger partial charge on any atom is -0.101 e. The van der Waals surface area contributed by atoms with Gasteiger partial charge in [-0.1, -0.05) is 72.8 Å². The van der Waals surface area contributed by atoms with Gasteiger partial charge in [0, 0.05) is 10.7 Å². The van der Waals surface area contributed by atoms with E-state index in [1.165, 1.54) is 0 Å². The Morgan fingerprint density at radius 2 is 1.00 bits per heavy atom. The fourth-order valence-corrected chi connectivity index (χ4v) is 2.94. The van der Waals surface area contributed by atoms with Crippen LogP contribution in [0.2, 0.25) is 0 Å². The third-order valence-electron chi connectivity index (χ3n) is 3.95. The lowest BCUT2D eigenvalue weighted by molar-refractivity contribution is -0.181. The average molecular weight is 334 g/mol. The maximum atomic E-state index is 13.3. The molecule has 0 aromatic heterocycles. The zero-order valence-electron chi connectivity index (χ0n) is 12.5. The molecule has 2 atom stereocenters. The van der Waals surface area contributed by atoms with Crippen LogP contribution in [-0.2, 0) is 0 Å². The maximum absolute atomic E-state index is 13.3. The summed E-state index contributed by atoms with van der Waals surface area (Å²) >= 11 is 0. The molecule has 0 amide bonds. The second-order valence-corrected chi connectivity index (χ2v) is 5.36. The van der Waals surface area contributed by atoms with Crippen LogP contribution in [0.15, 0.2) is 78.4 Å². The fraction of sp³-hybridized carbons (Fsp3) is 0.111. The molecule has 2 nitrogen and oxygen atoms in total. The Morgan fingerprint density at radius 1 is 0.625 bits per heavy atom. The SMILES string of the molecule is FN(F)[C@@H]1C=C[C@H](N(F)F)C1=C(c1ccccc1)c1ccccc1. The van der Waals surface area contributed by atoms with Crippen LogP contribution in [0.1, 0.15) is 11.1 Å². The molecule has 0 radical (unpaired) electrons. The Hall–Kier alpha value is -2.44. The second-order valence-electron chi connectivity index (χ2n) is 5.36. The lowest BCUT2D eigenvalue weighted by Gasteiger charge is -2.23. The van der Waals surface area contributed by atoms with E-state index in [1.807, 2.05) is 0 Å². The monoisotopic (exact) mass is 334 g/mol. The Kier molecular flexibility index (Phi) is 4.78. The standard InChI is InChI=1S/C18H14F4N2/c19-23(20)15-11-12-16(24(21)22)18(15)17(13-7-3-1-4-8-13)14-9-5-2-6-10-14/h1-12,15-16H/t15-,16+. The summed E-state index contributed by atoms with van der Waals surface area (Å²) in [5.74, 6) is 0. The molecule has 1 aliphatic rings. The number of hydrogen-bond acceptors (Lipinski definition) is 2. The molecular weight excluding hydrogens is 320 g/mol. The first-order valence-electron chi connectivity index (χ1n) is 7.34. The first-order valence-corrected chi connectivity index (χ1v) is 7.34. The van der Waals surface area contributed by atoms with E-state index in [0.29, 0.717) is 16.7 Å². The summed E-state index contributed by atoms with van der Waals surface area (Å²) in [6.45, 7) is 0. The van der Waals surface area contributed by atoms with Crippen molar-refractivity contribution in [2.75, 3.05) is 0 Å². The van der Waals surface area contributed by atoms with Crippen LogP contribution >= 0.6 is 0 Å². The minimum absolute atomic E-state index is 0.0533. The molecule has 0 spiro atoms. The Labute approximate surface area is 136 Å². The molecule has 0 saturated carbocycles. The van der Waals surface area contributed by atoms with Crippen molar-refractivity contribution in [2.24, 2.45) is 0 Å². The van der Waals surface area contributed by atoms with Crippen molar-refractivity contribution in [1.82, 2.24) is 10.7 Å². The van der Waals surface area contributed by atoms with Crippen molar-refractivity contribution in [3.8, 4) is 0 Å². The highest BCUT2D eigenvalue weighted by Crippen LogP contribution is 2.38. The van der Waals surface area contributed by atoms with Crippen LogP contribution in [0, 0.1) is 0 Å². The molecule has 1 aliphatic carbocycles. The van der Waals surface area contributed by atoms with E-state index in [4.69, 9.17) is 0 Å². The van der Waals surface area contributed by atoms with Gasteiger partial charge in [0.05, 0.1) is 0 Å². The van der Waals surface area contributed by atoms with E-state index in [0.717, 1.165) is 12.2 Å². The van der Waals surface area contributed by atoms with Crippen molar-refractivity contribution >= 4 is 5.57 Å².